The largest absolute Gasteiger partial charge is 0.462 e. The van der Waals surface area contributed by atoms with Gasteiger partial charge in [-0.25, -0.2) is 14.8 Å². The minimum atomic E-state index is -0.307. The Kier molecular flexibility index (Phi) is 6.38. The molecule has 2 aromatic heterocycles. The number of rotatable bonds is 6. The second-order valence-electron chi connectivity index (χ2n) is 7.64. The molecule has 1 N–H and O–H groups in total. The number of fused-ring (bicyclic) bond motifs is 1. The maximum Gasteiger partial charge on any atom is 0.341 e. The van der Waals surface area contributed by atoms with Crippen LogP contribution in [0.5, 0.6) is 0 Å². The molecule has 3 heterocycles. The number of para-hydroxylation sites is 2. The summed E-state index contributed by atoms with van der Waals surface area (Å²) in [6, 6.07) is 7.89. The minimum Gasteiger partial charge on any atom is -0.462 e. The van der Waals surface area contributed by atoms with Gasteiger partial charge in [-0.2, -0.15) is 0 Å². The van der Waals surface area contributed by atoms with Crippen LogP contribution in [-0.4, -0.2) is 60.2 Å². The zero-order chi connectivity index (χ0) is 22.0. The Morgan fingerprint density at radius 1 is 1.10 bits per heavy atom. The van der Waals surface area contributed by atoms with E-state index in [1.807, 2.05) is 45.0 Å². The second-order valence-corrected chi connectivity index (χ2v) is 8.86. The molecule has 0 unspecified atom stereocenters. The number of aromatic nitrogens is 2. The predicted octanol–water partition coefficient (Wildman–Crippen LogP) is 4.37. The highest BCUT2D eigenvalue weighted by Crippen LogP contribution is 2.37. The lowest BCUT2D eigenvalue weighted by Gasteiger charge is -2.35. The van der Waals surface area contributed by atoms with Crippen molar-refractivity contribution < 1.29 is 9.53 Å². The monoisotopic (exact) mass is 439 g/mol. The Hall–Kier alpha value is -2.71. The molecule has 1 aliphatic rings. The van der Waals surface area contributed by atoms with E-state index < -0.39 is 0 Å². The van der Waals surface area contributed by atoms with Gasteiger partial charge in [-0.15, -0.1) is 11.3 Å². The van der Waals surface area contributed by atoms with Crippen LogP contribution in [0, 0.1) is 13.8 Å². The Balaban J connectivity index is 1.75. The number of hydrogen-bond donors (Lipinski definition) is 1. The van der Waals surface area contributed by atoms with Crippen LogP contribution in [0.4, 0.5) is 16.6 Å². The molecule has 0 saturated carbocycles. The van der Waals surface area contributed by atoms with Crippen molar-refractivity contribution in [2.75, 3.05) is 49.5 Å². The smallest absolute Gasteiger partial charge is 0.341 e. The third kappa shape index (κ3) is 4.36. The zero-order valence-electron chi connectivity index (χ0n) is 18.6. The summed E-state index contributed by atoms with van der Waals surface area (Å²) in [4.78, 5) is 28.3. The van der Waals surface area contributed by atoms with E-state index in [2.05, 4.69) is 22.0 Å². The standard InChI is InChI=1S/C23H29N5O2S/c1-5-27-11-13-28(14-12-27)21-20(24-17-9-7-8-10-18(17)25-21)26-22-19(23(29)30-6-2)15(3)16(4)31-22/h7-10H,5-6,11-14H2,1-4H3,(H,24,26). The molecule has 31 heavy (non-hydrogen) atoms. The van der Waals surface area contributed by atoms with Gasteiger partial charge in [-0.1, -0.05) is 19.1 Å². The lowest BCUT2D eigenvalue weighted by atomic mass is 10.1. The summed E-state index contributed by atoms with van der Waals surface area (Å²) < 4.78 is 5.32. The topological polar surface area (TPSA) is 70.6 Å². The Morgan fingerprint density at radius 2 is 1.77 bits per heavy atom. The fourth-order valence-corrected chi connectivity index (χ4v) is 4.89. The Bertz CT molecular complexity index is 1090. The van der Waals surface area contributed by atoms with Crippen LogP contribution in [0.3, 0.4) is 0 Å². The third-order valence-corrected chi connectivity index (χ3v) is 6.89. The molecule has 0 spiro atoms. The molecule has 3 aromatic rings. The fourth-order valence-electron chi connectivity index (χ4n) is 3.84. The second kappa shape index (κ2) is 9.20. The Labute approximate surface area is 187 Å². The number of likely N-dealkylation sites (N-methyl/N-ethyl adjacent to an activating group) is 1. The molecular formula is C23H29N5O2S. The van der Waals surface area contributed by atoms with E-state index in [1.165, 1.54) is 0 Å². The number of ether oxygens (including phenoxy) is 1. The summed E-state index contributed by atoms with van der Waals surface area (Å²) in [5.74, 6) is 1.20. The number of carbonyl (C=O) groups excluding carboxylic acids is 1. The maximum atomic E-state index is 12.7. The summed E-state index contributed by atoms with van der Waals surface area (Å²) in [5, 5.41) is 4.20. The van der Waals surface area contributed by atoms with Crippen molar-refractivity contribution in [3.63, 3.8) is 0 Å². The number of nitrogens with zero attached hydrogens (tertiary/aromatic N) is 4. The molecule has 1 aromatic carbocycles. The number of aryl methyl sites for hydroxylation is 1. The number of carbonyl (C=O) groups is 1. The highest BCUT2D eigenvalue weighted by molar-refractivity contribution is 7.16. The third-order valence-electron chi connectivity index (χ3n) is 5.77. The Morgan fingerprint density at radius 3 is 2.42 bits per heavy atom. The molecule has 1 saturated heterocycles. The van der Waals surface area contributed by atoms with Gasteiger partial charge in [0.2, 0.25) is 0 Å². The highest BCUT2D eigenvalue weighted by Gasteiger charge is 2.25. The number of esters is 1. The summed E-state index contributed by atoms with van der Waals surface area (Å²) in [6.45, 7) is 13.2. The average Bonchev–Trinajstić information content (AvgIpc) is 3.06. The molecule has 164 valence electrons. The van der Waals surface area contributed by atoms with Crippen molar-refractivity contribution in [2.24, 2.45) is 0 Å². The first-order valence-corrected chi connectivity index (χ1v) is 11.6. The van der Waals surface area contributed by atoms with Crippen LogP contribution in [0.2, 0.25) is 0 Å². The van der Waals surface area contributed by atoms with Crippen LogP contribution in [0.1, 0.15) is 34.6 Å². The first-order valence-electron chi connectivity index (χ1n) is 10.8. The first-order chi connectivity index (χ1) is 15.0. The van der Waals surface area contributed by atoms with Gasteiger partial charge in [0.25, 0.3) is 0 Å². The van der Waals surface area contributed by atoms with Gasteiger partial charge in [0.1, 0.15) is 5.00 Å². The van der Waals surface area contributed by atoms with Crippen molar-refractivity contribution in [2.45, 2.75) is 27.7 Å². The molecule has 1 aliphatic heterocycles. The number of anilines is 3. The molecular weight excluding hydrogens is 410 g/mol. The summed E-state index contributed by atoms with van der Waals surface area (Å²) in [5.41, 5.74) is 3.22. The van der Waals surface area contributed by atoms with Crippen molar-refractivity contribution >= 4 is 45.0 Å². The van der Waals surface area contributed by atoms with E-state index in [0.717, 1.165) is 65.0 Å². The quantitative estimate of drug-likeness (QED) is 0.572. The van der Waals surface area contributed by atoms with Crippen molar-refractivity contribution in [3.8, 4) is 0 Å². The molecule has 0 radical (unpaired) electrons. The number of benzene rings is 1. The summed E-state index contributed by atoms with van der Waals surface area (Å²) in [7, 11) is 0. The molecule has 0 aliphatic carbocycles. The first kappa shape index (κ1) is 21.5. The number of piperazine rings is 1. The number of thiophene rings is 1. The van der Waals surface area contributed by atoms with Crippen LogP contribution < -0.4 is 10.2 Å². The molecule has 0 atom stereocenters. The lowest BCUT2D eigenvalue weighted by Crippen LogP contribution is -2.46. The average molecular weight is 440 g/mol. The van der Waals surface area contributed by atoms with Gasteiger partial charge in [0, 0.05) is 31.1 Å². The van der Waals surface area contributed by atoms with Crippen molar-refractivity contribution in [3.05, 3.63) is 40.3 Å². The van der Waals surface area contributed by atoms with Crippen LogP contribution >= 0.6 is 11.3 Å². The lowest BCUT2D eigenvalue weighted by molar-refractivity contribution is 0.0527. The van der Waals surface area contributed by atoms with E-state index in [-0.39, 0.29) is 5.97 Å². The van der Waals surface area contributed by atoms with Crippen LogP contribution in [0.25, 0.3) is 11.0 Å². The van der Waals surface area contributed by atoms with Crippen molar-refractivity contribution in [1.82, 2.24) is 14.9 Å². The summed E-state index contributed by atoms with van der Waals surface area (Å²) >= 11 is 1.55. The SMILES string of the molecule is CCOC(=O)c1c(Nc2nc3ccccc3nc2N2CCN(CC)CC2)sc(C)c1C. The van der Waals surface area contributed by atoms with E-state index >= 15 is 0 Å². The number of hydrogen-bond acceptors (Lipinski definition) is 8. The normalized spacial score (nSPS) is 14.8. The van der Waals surface area contributed by atoms with Crippen LogP contribution in [-0.2, 0) is 4.74 Å². The van der Waals surface area contributed by atoms with E-state index in [0.29, 0.717) is 18.0 Å². The molecule has 1 fully saturated rings. The fraction of sp³-hybridized carbons (Fsp3) is 0.435. The maximum absolute atomic E-state index is 12.7. The molecule has 8 heteroatoms. The van der Waals surface area contributed by atoms with Gasteiger partial charge >= 0.3 is 5.97 Å². The number of nitrogens with one attached hydrogen (secondary N) is 1. The van der Waals surface area contributed by atoms with Gasteiger partial charge in [0.15, 0.2) is 11.6 Å². The predicted molar refractivity (Wildman–Crippen MR) is 127 cm³/mol. The zero-order valence-corrected chi connectivity index (χ0v) is 19.4. The van der Waals surface area contributed by atoms with E-state index in [4.69, 9.17) is 14.7 Å². The van der Waals surface area contributed by atoms with Crippen molar-refractivity contribution in [1.29, 1.82) is 0 Å². The molecule has 0 amide bonds. The van der Waals surface area contributed by atoms with Gasteiger partial charge in [-0.05, 0) is 45.0 Å². The molecule has 4 rings (SSSR count). The minimum absolute atomic E-state index is 0.307. The van der Waals surface area contributed by atoms with Crippen LogP contribution in [0.15, 0.2) is 24.3 Å². The van der Waals surface area contributed by atoms with Gasteiger partial charge < -0.3 is 19.9 Å². The van der Waals surface area contributed by atoms with E-state index in [9.17, 15) is 4.79 Å². The highest BCUT2D eigenvalue weighted by atomic mass is 32.1. The molecule has 0 bridgehead atoms. The summed E-state index contributed by atoms with van der Waals surface area (Å²) in [6.07, 6.45) is 0. The van der Waals surface area contributed by atoms with Gasteiger partial charge in [0.05, 0.1) is 23.2 Å². The molecule has 7 nitrogen and oxygen atoms in total. The van der Waals surface area contributed by atoms with Gasteiger partial charge in [-0.3, -0.25) is 0 Å². The van der Waals surface area contributed by atoms with E-state index in [1.54, 1.807) is 11.3 Å².